The summed E-state index contributed by atoms with van der Waals surface area (Å²) >= 11 is -0.931. The van der Waals surface area contributed by atoms with Crippen LogP contribution >= 0.6 is 19.4 Å². The zero-order valence-corrected chi connectivity index (χ0v) is 35.8. The Hall–Kier alpha value is -5.19. The molecule has 0 amide bonds. The zero-order chi connectivity index (χ0) is 43.0. The van der Waals surface area contributed by atoms with Gasteiger partial charge < -0.3 is 50.8 Å². The Labute approximate surface area is 356 Å². The van der Waals surface area contributed by atoms with Crippen molar-refractivity contribution in [3.63, 3.8) is 0 Å². The number of hydrogen-bond acceptors (Lipinski definition) is 17. The van der Waals surface area contributed by atoms with E-state index in [1.165, 1.54) is 27.8 Å². The molecule has 1 unspecified atom stereocenters. The van der Waals surface area contributed by atoms with E-state index >= 15 is 0 Å². The van der Waals surface area contributed by atoms with E-state index in [2.05, 4.69) is 26.2 Å². The molecule has 7 heterocycles. The van der Waals surface area contributed by atoms with Crippen molar-refractivity contribution in [1.82, 2.24) is 29.2 Å². The van der Waals surface area contributed by atoms with Crippen molar-refractivity contribution in [2.75, 3.05) is 24.7 Å². The van der Waals surface area contributed by atoms with Crippen molar-refractivity contribution in [3.05, 3.63) is 120 Å². The molecule has 0 spiro atoms. The van der Waals surface area contributed by atoms with Gasteiger partial charge in [-0.25, -0.2) is 19.0 Å². The summed E-state index contributed by atoms with van der Waals surface area (Å²) < 4.78 is 26.5. The molecule has 60 heavy (non-hydrogen) atoms. The van der Waals surface area contributed by atoms with Crippen molar-refractivity contribution in [2.24, 2.45) is 0 Å². The molecule has 0 saturated carbocycles. The Kier molecular flexibility index (Phi) is 14.4. The van der Waals surface area contributed by atoms with Gasteiger partial charge in [-0.1, -0.05) is 60.7 Å². The number of hydrogen-bond donors (Lipinski definition) is 6. The van der Waals surface area contributed by atoms with E-state index in [4.69, 9.17) is 49.8 Å². The average Bonchev–Trinajstić information content (AvgIpc) is 4.12. The SMILES string of the molecule is N#C[C@@]1(c2ccc3c(N)ncnn23)O[C@H](CO)[C@@H](O)[C@H]1O.N#C[C@@]1(c2ccc3c(N)ncnn23)O[C@H](CO)[C@H]2OC(c3ccccc3)O[C@H]21.O=Cc1ccccc1.[Cl][Zn][Cl]. The van der Waals surface area contributed by atoms with Gasteiger partial charge in [0.05, 0.1) is 24.6 Å². The van der Waals surface area contributed by atoms with Crippen LogP contribution in [0.15, 0.2) is 97.6 Å². The molecule has 9 atom stereocenters. The first-order valence-corrected chi connectivity index (χ1v) is 25.8. The van der Waals surface area contributed by atoms with Crippen molar-refractivity contribution in [1.29, 1.82) is 10.5 Å². The fraction of sp³-hybridized carbons (Fsp3) is 0.289. The molecule has 19 nitrogen and oxygen atoms in total. The molecule has 6 aromatic rings. The Morgan fingerprint density at radius 3 is 1.73 bits per heavy atom. The first-order chi connectivity index (χ1) is 29.1. The summed E-state index contributed by atoms with van der Waals surface area (Å²) in [7, 11) is 9.90. The van der Waals surface area contributed by atoms with E-state index < -0.39 is 75.9 Å². The number of rotatable bonds is 6. The van der Waals surface area contributed by atoms with E-state index in [9.17, 15) is 35.7 Å². The van der Waals surface area contributed by atoms with Crippen LogP contribution in [-0.4, -0.2) is 106 Å². The molecule has 2 aromatic carbocycles. The molecule has 3 aliphatic heterocycles. The van der Waals surface area contributed by atoms with Crippen LogP contribution < -0.4 is 11.5 Å². The number of nitrogens with zero attached hydrogens (tertiary/aromatic N) is 8. The minimum absolute atomic E-state index is 0.205. The van der Waals surface area contributed by atoms with Crippen molar-refractivity contribution >= 4 is 48.3 Å². The average molecular weight is 913 g/mol. The molecule has 3 fully saturated rings. The van der Waals surface area contributed by atoms with Crippen LogP contribution in [0.5, 0.6) is 0 Å². The van der Waals surface area contributed by atoms with E-state index in [1.54, 1.807) is 30.3 Å². The topological polar surface area (TPSA) is 295 Å². The number of ether oxygens (including phenoxy) is 4. The second-order valence-electron chi connectivity index (χ2n) is 13.2. The third kappa shape index (κ3) is 8.29. The quantitative estimate of drug-likeness (QED) is 0.103. The molecular formula is C38H36Cl2N10O9Zn. The van der Waals surface area contributed by atoms with E-state index in [0.717, 1.165) is 17.4 Å². The zero-order valence-electron chi connectivity index (χ0n) is 31.3. The first kappa shape index (κ1) is 44.4. The van der Waals surface area contributed by atoms with Gasteiger partial charge in [0.1, 0.15) is 78.7 Å². The van der Waals surface area contributed by atoms with Crippen LogP contribution in [0.1, 0.15) is 33.6 Å². The number of aliphatic hydroxyl groups is 4. The molecule has 9 rings (SSSR count). The third-order valence-corrected chi connectivity index (χ3v) is 9.84. The van der Waals surface area contributed by atoms with Gasteiger partial charge >= 0.3 is 34.5 Å². The molecule has 3 aliphatic rings. The summed E-state index contributed by atoms with van der Waals surface area (Å²) in [4.78, 5) is 17.8. The minimum atomic E-state index is -1.85. The van der Waals surface area contributed by atoms with E-state index in [1.807, 2.05) is 54.6 Å². The number of anilines is 2. The van der Waals surface area contributed by atoms with Crippen molar-refractivity contribution < 1.29 is 59.3 Å². The summed E-state index contributed by atoms with van der Waals surface area (Å²) in [6.45, 7) is -0.835. The van der Waals surface area contributed by atoms with Crippen LogP contribution in [0.2, 0.25) is 0 Å². The summed E-state index contributed by atoms with van der Waals surface area (Å²) in [5, 5.41) is 67.0. The fourth-order valence-corrected chi connectivity index (χ4v) is 7.03. The molecule has 8 N–H and O–H groups in total. The summed E-state index contributed by atoms with van der Waals surface area (Å²) in [5.41, 5.74) is 11.5. The standard InChI is InChI=1S/C19H17N5O4.C12H13N5O4.C7H6O.2ClH.Zn/c20-9-19(14-7-6-12-17(21)22-10-23-24(12)14)16-15(13(8-25)28-19)26-18(27-16)11-4-2-1-3-5-11;13-4-12(10(20)9(19)7(3-18)21-12)8-2-1-6-11(14)15-5-16-17(6)8;8-6-7-4-2-1-3-5-7;;;/h1-7,10,13,15-16,18,25H,8H2,(H2,21,22,23);1-2,5,7,9-10,18-20H,3H2,(H2,14,15,16);1-6H;2*1H;/q;;;;;+2/p-2/t13-,15-,16-,18?,19+;7-,9-,10-,12+;;;;/m11..../s1. The number of aldehydes is 1. The Bertz CT molecular complexity index is 2480. The molecule has 0 bridgehead atoms. The van der Waals surface area contributed by atoms with Crippen LogP contribution in [0, 0.1) is 22.7 Å². The number of nitrogen functional groups attached to an aromatic ring is 2. The molecule has 4 aromatic heterocycles. The van der Waals surface area contributed by atoms with Crippen molar-refractivity contribution in [3.8, 4) is 12.1 Å². The van der Waals surface area contributed by atoms with Crippen LogP contribution in [0.25, 0.3) is 11.0 Å². The summed E-state index contributed by atoms with van der Waals surface area (Å²) in [5.74, 6) is 0.490. The van der Waals surface area contributed by atoms with Gasteiger partial charge in [0.25, 0.3) is 0 Å². The number of aliphatic hydroxyl groups excluding tert-OH is 4. The second kappa shape index (κ2) is 19.5. The molecular weight excluding hydrogens is 877 g/mol. The predicted octanol–water partition coefficient (Wildman–Crippen LogP) is 1.92. The summed E-state index contributed by atoms with van der Waals surface area (Å²) in [6, 6.07) is 29.2. The number of carbonyl (C=O) groups excluding carboxylic acids is 1. The Balaban J connectivity index is 0.000000165. The van der Waals surface area contributed by atoms with Gasteiger partial charge in [-0.2, -0.15) is 20.7 Å². The number of benzene rings is 2. The number of nitrogens with two attached hydrogens (primary N) is 2. The maximum absolute atomic E-state index is 10.2. The van der Waals surface area contributed by atoms with Gasteiger partial charge in [-0.05, 0) is 24.3 Å². The number of nitriles is 2. The fourth-order valence-electron chi connectivity index (χ4n) is 7.03. The Morgan fingerprint density at radius 1 is 0.767 bits per heavy atom. The van der Waals surface area contributed by atoms with Crippen LogP contribution in [-0.2, 0) is 45.3 Å². The van der Waals surface area contributed by atoms with Crippen molar-refractivity contribution in [2.45, 2.75) is 54.1 Å². The maximum atomic E-state index is 10.2. The van der Waals surface area contributed by atoms with Crippen LogP contribution in [0.4, 0.5) is 11.6 Å². The Morgan fingerprint density at radius 2 is 1.27 bits per heavy atom. The van der Waals surface area contributed by atoms with E-state index in [0.29, 0.717) is 16.7 Å². The third-order valence-electron chi connectivity index (χ3n) is 9.84. The molecule has 308 valence electrons. The van der Waals surface area contributed by atoms with Crippen LogP contribution in [0.3, 0.4) is 0 Å². The molecule has 3 saturated heterocycles. The van der Waals surface area contributed by atoms with E-state index in [-0.39, 0.29) is 23.9 Å². The summed E-state index contributed by atoms with van der Waals surface area (Å²) in [6.07, 6.45) is -3.38. The monoisotopic (exact) mass is 910 g/mol. The molecule has 0 radical (unpaired) electrons. The predicted molar refractivity (Wildman–Crippen MR) is 208 cm³/mol. The van der Waals surface area contributed by atoms with Gasteiger partial charge in [0.15, 0.2) is 17.9 Å². The van der Waals surface area contributed by atoms with Gasteiger partial charge in [0.2, 0.25) is 11.2 Å². The van der Waals surface area contributed by atoms with Gasteiger partial charge in [0, 0.05) is 11.1 Å². The normalized spacial score (nSPS) is 27.4. The molecule has 0 aliphatic carbocycles. The number of halogens is 2. The first-order valence-electron chi connectivity index (χ1n) is 18.0. The number of carbonyl (C=O) groups is 1. The number of aromatic nitrogens is 6. The van der Waals surface area contributed by atoms with Gasteiger partial charge in [-0.15, -0.1) is 0 Å². The number of fused-ring (bicyclic) bond motifs is 3. The van der Waals surface area contributed by atoms with Gasteiger partial charge in [-0.3, -0.25) is 4.79 Å². The molecule has 22 heteroatoms. The second-order valence-corrected chi connectivity index (χ2v) is 17.8.